The van der Waals surface area contributed by atoms with E-state index in [1.165, 1.54) is 38.8 Å². The minimum atomic E-state index is -0.305. The van der Waals surface area contributed by atoms with Crippen molar-refractivity contribution >= 4 is 33.8 Å². The molecule has 0 spiro atoms. The van der Waals surface area contributed by atoms with Crippen LogP contribution in [0.25, 0.3) is 10.8 Å². The van der Waals surface area contributed by atoms with Crippen molar-refractivity contribution in [1.82, 2.24) is 0 Å². The summed E-state index contributed by atoms with van der Waals surface area (Å²) in [5.41, 5.74) is 7.86. The SMILES string of the molecule is C=C(C)C(=O)OC1CCCCC1Nc1ccc(C(c2ccc(N(CC)CC)cc2)c2ccc(N(CC)CC)cc2)c2ccccc12.CC. The first-order valence-electron chi connectivity index (χ1n) is 18.2. The van der Waals surface area contributed by atoms with E-state index in [1.54, 1.807) is 6.92 Å². The monoisotopic (exact) mass is 647 g/mol. The third-order valence-electron chi connectivity index (χ3n) is 9.63. The molecule has 1 aliphatic rings. The molecule has 2 unspecified atom stereocenters. The molecule has 0 heterocycles. The Hall–Kier alpha value is -4.25. The van der Waals surface area contributed by atoms with Crippen LogP contribution in [0.5, 0.6) is 0 Å². The van der Waals surface area contributed by atoms with E-state index in [2.05, 4.69) is 134 Å². The number of hydrogen-bond acceptors (Lipinski definition) is 5. The predicted octanol–water partition coefficient (Wildman–Crippen LogP) is 10.6. The van der Waals surface area contributed by atoms with Crippen LogP contribution in [0.2, 0.25) is 0 Å². The van der Waals surface area contributed by atoms with Crippen molar-refractivity contribution in [3.63, 3.8) is 0 Å². The number of carbonyl (C=O) groups is 1. The van der Waals surface area contributed by atoms with Crippen LogP contribution in [0, 0.1) is 0 Å². The van der Waals surface area contributed by atoms with E-state index in [0.29, 0.717) is 5.57 Å². The molecule has 0 radical (unpaired) electrons. The summed E-state index contributed by atoms with van der Waals surface area (Å²) >= 11 is 0. The normalized spacial score (nSPS) is 15.8. The van der Waals surface area contributed by atoms with Gasteiger partial charge in [-0.05, 0) is 106 Å². The first-order valence-corrected chi connectivity index (χ1v) is 18.2. The van der Waals surface area contributed by atoms with Crippen molar-refractivity contribution in [2.24, 2.45) is 0 Å². The molecule has 5 nitrogen and oxygen atoms in total. The van der Waals surface area contributed by atoms with Crippen molar-refractivity contribution in [3.8, 4) is 0 Å². The molecule has 1 saturated carbocycles. The number of fused-ring (bicyclic) bond motifs is 1. The van der Waals surface area contributed by atoms with Crippen LogP contribution in [0.4, 0.5) is 17.1 Å². The molecular formula is C43H57N3O2. The Morgan fingerprint density at radius 1 is 0.750 bits per heavy atom. The van der Waals surface area contributed by atoms with Gasteiger partial charge in [-0.1, -0.05) is 81.4 Å². The highest BCUT2D eigenvalue weighted by Crippen LogP contribution is 2.40. The average molecular weight is 648 g/mol. The van der Waals surface area contributed by atoms with E-state index in [1.807, 2.05) is 13.8 Å². The summed E-state index contributed by atoms with van der Waals surface area (Å²) in [5.74, 6) is -0.241. The molecule has 0 amide bonds. The molecule has 256 valence electrons. The minimum Gasteiger partial charge on any atom is -0.457 e. The van der Waals surface area contributed by atoms with Gasteiger partial charge in [0, 0.05) is 60.1 Å². The fourth-order valence-electron chi connectivity index (χ4n) is 7.03. The van der Waals surface area contributed by atoms with Crippen LogP contribution in [0.15, 0.2) is 97.1 Å². The number of carbonyl (C=O) groups excluding carboxylic acids is 1. The second kappa shape index (κ2) is 17.8. The number of nitrogens with zero attached hydrogens (tertiary/aromatic N) is 2. The first-order chi connectivity index (χ1) is 23.4. The Kier molecular flexibility index (Phi) is 13.5. The zero-order chi connectivity index (χ0) is 34.6. The lowest BCUT2D eigenvalue weighted by atomic mass is 9.82. The quantitative estimate of drug-likeness (QED) is 0.0889. The van der Waals surface area contributed by atoms with Gasteiger partial charge in [0.1, 0.15) is 6.10 Å². The van der Waals surface area contributed by atoms with Gasteiger partial charge in [-0.3, -0.25) is 0 Å². The zero-order valence-corrected chi connectivity index (χ0v) is 30.4. The minimum absolute atomic E-state index is 0.0577. The second-order valence-electron chi connectivity index (χ2n) is 12.5. The fraction of sp³-hybridized carbons (Fsp3) is 0.419. The first kappa shape index (κ1) is 36.6. The summed E-state index contributed by atoms with van der Waals surface area (Å²) in [6, 6.07) is 31.6. The molecule has 48 heavy (non-hydrogen) atoms. The summed E-state index contributed by atoms with van der Waals surface area (Å²) < 4.78 is 5.90. The van der Waals surface area contributed by atoms with Gasteiger partial charge >= 0.3 is 5.97 Å². The largest absolute Gasteiger partial charge is 0.457 e. The Labute approximate surface area is 290 Å². The average Bonchev–Trinajstić information content (AvgIpc) is 3.13. The number of anilines is 3. The van der Waals surface area contributed by atoms with Crippen LogP contribution < -0.4 is 15.1 Å². The molecular weight excluding hydrogens is 590 g/mol. The number of nitrogens with one attached hydrogen (secondary N) is 1. The van der Waals surface area contributed by atoms with Gasteiger partial charge in [0.15, 0.2) is 0 Å². The highest BCUT2D eigenvalue weighted by Gasteiger charge is 2.29. The van der Waals surface area contributed by atoms with Gasteiger partial charge in [-0.15, -0.1) is 0 Å². The molecule has 0 aliphatic heterocycles. The van der Waals surface area contributed by atoms with Gasteiger partial charge in [-0.2, -0.15) is 0 Å². The van der Waals surface area contributed by atoms with Gasteiger partial charge in [0.25, 0.3) is 0 Å². The van der Waals surface area contributed by atoms with Crippen molar-refractivity contribution in [1.29, 1.82) is 0 Å². The molecule has 4 aromatic carbocycles. The highest BCUT2D eigenvalue weighted by molar-refractivity contribution is 5.97. The third kappa shape index (κ3) is 8.42. The van der Waals surface area contributed by atoms with Crippen molar-refractivity contribution < 1.29 is 9.53 Å². The maximum Gasteiger partial charge on any atom is 0.333 e. The Morgan fingerprint density at radius 2 is 1.25 bits per heavy atom. The summed E-state index contributed by atoms with van der Waals surface area (Å²) in [5, 5.41) is 6.22. The molecule has 5 rings (SSSR count). The molecule has 1 aliphatic carbocycles. The van der Waals surface area contributed by atoms with Crippen LogP contribution in [-0.2, 0) is 9.53 Å². The molecule has 1 N–H and O–H groups in total. The standard InChI is InChI=1S/C41H51N3O2.C2H6/c1-7-43(8-2)32-23-19-30(20-24-32)40(31-21-25-33(26-22-31)44(9-3)10-4)36-27-28-37(35-16-12-11-15-34(35)36)42-38-17-13-14-18-39(38)46-41(45)29(5)6;1-2/h11-12,15-16,19-28,38-40,42H,5,7-10,13-14,17-18H2,1-4,6H3;1-2H3. The van der Waals surface area contributed by atoms with Gasteiger partial charge in [-0.25, -0.2) is 4.79 Å². The van der Waals surface area contributed by atoms with E-state index in [4.69, 9.17) is 4.74 Å². The lowest BCUT2D eigenvalue weighted by molar-refractivity contribution is -0.146. The van der Waals surface area contributed by atoms with Crippen molar-refractivity contribution in [3.05, 3.63) is 114 Å². The maximum absolute atomic E-state index is 12.4. The molecule has 0 saturated heterocycles. The third-order valence-corrected chi connectivity index (χ3v) is 9.63. The lowest BCUT2D eigenvalue weighted by Crippen LogP contribution is -2.40. The van der Waals surface area contributed by atoms with E-state index >= 15 is 0 Å². The lowest BCUT2D eigenvalue weighted by Gasteiger charge is -2.33. The van der Waals surface area contributed by atoms with Gasteiger partial charge in [0.2, 0.25) is 0 Å². The predicted molar refractivity (Wildman–Crippen MR) is 207 cm³/mol. The van der Waals surface area contributed by atoms with Crippen molar-refractivity contribution in [2.75, 3.05) is 41.3 Å². The molecule has 0 bridgehead atoms. The smallest absolute Gasteiger partial charge is 0.333 e. The number of ether oxygens (including phenoxy) is 1. The Bertz CT molecular complexity index is 1550. The van der Waals surface area contributed by atoms with E-state index in [-0.39, 0.29) is 24.0 Å². The zero-order valence-electron chi connectivity index (χ0n) is 30.4. The fourth-order valence-corrected chi connectivity index (χ4v) is 7.03. The molecule has 1 fully saturated rings. The highest BCUT2D eigenvalue weighted by atomic mass is 16.5. The van der Waals surface area contributed by atoms with Crippen molar-refractivity contribution in [2.45, 2.75) is 92.2 Å². The Morgan fingerprint density at radius 3 is 1.75 bits per heavy atom. The summed E-state index contributed by atoms with van der Waals surface area (Å²) in [6.07, 6.45) is 3.84. The molecule has 5 heteroatoms. The van der Waals surface area contributed by atoms with E-state index < -0.39 is 0 Å². The van der Waals surface area contributed by atoms with Crippen LogP contribution in [-0.4, -0.2) is 44.3 Å². The Balaban J connectivity index is 0.00000255. The summed E-state index contributed by atoms with van der Waals surface area (Å²) in [4.78, 5) is 17.2. The maximum atomic E-state index is 12.4. The van der Waals surface area contributed by atoms with Crippen LogP contribution >= 0.6 is 0 Å². The number of esters is 1. The summed E-state index contributed by atoms with van der Waals surface area (Å²) in [7, 11) is 0. The number of hydrogen-bond donors (Lipinski definition) is 1. The molecule has 2 atom stereocenters. The number of rotatable bonds is 13. The van der Waals surface area contributed by atoms with Crippen LogP contribution in [0.1, 0.15) is 96.8 Å². The van der Waals surface area contributed by atoms with E-state index in [0.717, 1.165) is 57.5 Å². The molecule has 0 aromatic heterocycles. The van der Waals surface area contributed by atoms with Crippen LogP contribution in [0.3, 0.4) is 0 Å². The second-order valence-corrected chi connectivity index (χ2v) is 12.5. The number of benzene rings is 4. The van der Waals surface area contributed by atoms with Gasteiger partial charge in [0.05, 0.1) is 6.04 Å². The van der Waals surface area contributed by atoms with Gasteiger partial charge < -0.3 is 19.9 Å². The van der Waals surface area contributed by atoms with E-state index in [9.17, 15) is 4.79 Å². The topological polar surface area (TPSA) is 44.8 Å². The summed E-state index contributed by atoms with van der Waals surface area (Å²) in [6.45, 7) is 22.3. The molecule has 4 aromatic rings.